The molecule has 2 aromatic rings. The van der Waals surface area contributed by atoms with Crippen LogP contribution in [0.5, 0.6) is 0 Å². The number of carboxylic acids is 1. The second-order valence-corrected chi connectivity index (χ2v) is 11.3. The van der Waals surface area contributed by atoms with Gasteiger partial charge in [-0.3, -0.25) is 19.5 Å². The second-order valence-electron chi connectivity index (χ2n) is 10.4. The van der Waals surface area contributed by atoms with Crippen LogP contribution >= 0.6 is 11.3 Å². The first kappa shape index (κ1) is 30.1. The number of carboxylic acid groups (broad SMARTS) is 1. The van der Waals surface area contributed by atoms with E-state index in [-0.39, 0.29) is 44.0 Å². The Balaban J connectivity index is 1.54. The number of aliphatic carboxylic acids is 1. The molecule has 2 fully saturated rings. The van der Waals surface area contributed by atoms with Gasteiger partial charge in [-0.25, -0.2) is 22.9 Å². The molecule has 0 aliphatic carbocycles. The number of aliphatic imine (C=N–C) groups is 1. The Labute approximate surface area is 244 Å². The number of ether oxygens (including phenoxy) is 1. The number of thiazole rings is 1. The summed E-state index contributed by atoms with van der Waals surface area (Å²) in [5.41, 5.74) is 1.11. The molecule has 0 saturated carbocycles. The van der Waals surface area contributed by atoms with Crippen LogP contribution in [0.1, 0.15) is 42.4 Å². The number of benzene rings is 1. The van der Waals surface area contributed by atoms with E-state index >= 15 is 8.78 Å². The van der Waals surface area contributed by atoms with Gasteiger partial charge in [-0.2, -0.15) is 5.06 Å². The summed E-state index contributed by atoms with van der Waals surface area (Å²) in [6, 6.07) is 1.38. The molecule has 0 radical (unpaired) electrons. The summed E-state index contributed by atoms with van der Waals surface area (Å²) in [5, 5.41) is 16.0. The summed E-state index contributed by atoms with van der Waals surface area (Å²) < 4.78 is 51.1. The largest absolute Gasteiger partial charge is 0.481 e. The average molecular weight is 608 g/mol. The minimum Gasteiger partial charge on any atom is -0.481 e. The Morgan fingerprint density at radius 3 is 2.79 bits per heavy atom. The van der Waals surface area contributed by atoms with Gasteiger partial charge in [0, 0.05) is 30.4 Å². The molecule has 4 heterocycles. The van der Waals surface area contributed by atoms with Gasteiger partial charge in [-0.1, -0.05) is 19.1 Å². The van der Waals surface area contributed by atoms with Crippen LogP contribution in [0.15, 0.2) is 46.0 Å². The monoisotopic (exact) mass is 607 g/mol. The molecule has 2 saturated heterocycles. The summed E-state index contributed by atoms with van der Waals surface area (Å²) in [6.45, 7) is 3.98. The maximum atomic E-state index is 15.5. The molecule has 1 aromatic carbocycles. The number of halogens is 3. The molecule has 42 heavy (non-hydrogen) atoms. The number of nitrogens with zero attached hydrogens (tertiary/aromatic N) is 4. The van der Waals surface area contributed by atoms with Crippen LogP contribution in [0.25, 0.3) is 0 Å². The van der Waals surface area contributed by atoms with E-state index in [1.807, 2.05) is 0 Å². The van der Waals surface area contributed by atoms with E-state index in [0.29, 0.717) is 22.0 Å². The quantitative estimate of drug-likeness (QED) is 0.391. The number of rotatable bonds is 10. The van der Waals surface area contributed by atoms with E-state index in [1.165, 1.54) is 28.4 Å². The molecule has 14 heteroatoms. The molecule has 2 N–H and O–H groups in total. The first-order valence-electron chi connectivity index (χ1n) is 13.7. The van der Waals surface area contributed by atoms with E-state index in [0.717, 1.165) is 5.06 Å². The number of hydrogen-bond donors (Lipinski definition) is 2. The molecule has 4 atom stereocenters. The van der Waals surface area contributed by atoms with Gasteiger partial charge in [0.2, 0.25) is 0 Å². The highest BCUT2D eigenvalue weighted by atomic mass is 32.1. The molecule has 10 nitrogen and oxygen atoms in total. The predicted octanol–water partition coefficient (Wildman–Crippen LogP) is 3.55. The topological polar surface area (TPSA) is 117 Å². The first-order valence-corrected chi connectivity index (χ1v) is 14.6. The summed E-state index contributed by atoms with van der Waals surface area (Å²) in [5.74, 6) is -6.01. The summed E-state index contributed by atoms with van der Waals surface area (Å²) in [6.07, 6.45) is 1.86. The molecule has 0 unspecified atom stereocenters. The highest BCUT2D eigenvalue weighted by molar-refractivity contribution is 7.11. The number of amidine groups is 1. The fourth-order valence-corrected chi connectivity index (χ4v) is 6.31. The van der Waals surface area contributed by atoms with Crippen LogP contribution in [0, 0.1) is 18.7 Å². The van der Waals surface area contributed by atoms with Gasteiger partial charge >= 0.3 is 11.9 Å². The minimum absolute atomic E-state index is 0.0605. The highest BCUT2D eigenvalue weighted by Crippen LogP contribution is 2.42. The number of hydrogen-bond acceptors (Lipinski definition) is 10. The number of carbonyl (C=O) groups is 2. The average Bonchev–Trinajstić information content (AvgIpc) is 3.68. The van der Waals surface area contributed by atoms with Gasteiger partial charge in [0.1, 0.15) is 17.9 Å². The summed E-state index contributed by atoms with van der Waals surface area (Å²) in [7, 11) is 0. The third-order valence-corrected chi connectivity index (χ3v) is 8.65. The lowest BCUT2D eigenvalue weighted by molar-refractivity contribution is -0.192. The van der Waals surface area contributed by atoms with Crippen LogP contribution in [0.2, 0.25) is 0 Å². The zero-order valence-corrected chi connectivity index (χ0v) is 24.2. The van der Waals surface area contributed by atoms with Gasteiger partial charge in [-0.15, -0.1) is 11.3 Å². The van der Waals surface area contributed by atoms with E-state index in [9.17, 15) is 19.1 Å². The van der Waals surface area contributed by atoms with Gasteiger partial charge < -0.3 is 15.2 Å². The number of nitrogens with one attached hydrogen (secondary N) is 1. The molecule has 3 aliphatic heterocycles. The van der Waals surface area contributed by atoms with Crippen molar-refractivity contribution in [1.29, 1.82) is 0 Å². The van der Waals surface area contributed by atoms with Gasteiger partial charge in [0.15, 0.2) is 10.8 Å². The number of fused-ring (bicyclic) bond motifs is 1. The molecule has 226 valence electrons. The minimum atomic E-state index is -3.22. The second kappa shape index (κ2) is 12.1. The van der Waals surface area contributed by atoms with Crippen LogP contribution in [0.3, 0.4) is 0 Å². The fourth-order valence-electron chi connectivity index (χ4n) is 5.72. The van der Waals surface area contributed by atoms with Crippen molar-refractivity contribution in [1.82, 2.24) is 20.3 Å². The number of hydroxylamine groups is 2. The number of esters is 1. The number of alkyl halides is 2. The molecule has 0 bridgehead atoms. The van der Waals surface area contributed by atoms with Gasteiger partial charge in [0.25, 0.3) is 5.92 Å². The Kier molecular flexibility index (Phi) is 8.69. The normalized spacial score (nSPS) is 24.7. The first-order chi connectivity index (χ1) is 20.1. The number of carbonyl (C=O) groups excluding carboxylic acids is 1. The van der Waals surface area contributed by atoms with E-state index in [2.05, 4.69) is 10.3 Å². The molecular formula is C28H32F3N5O5S. The lowest BCUT2D eigenvalue weighted by atomic mass is 9.92. The maximum absolute atomic E-state index is 15.5. The molecule has 5 rings (SSSR count). The van der Waals surface area contributed by atoms with Gasteiger partial charge in [-0.05, 0) is 37.5 Å². The highest BCUT2D eigenvalue weighted by Gasteiger charge is 2.61. The third kappa shape index (κ3) is 5.68. The smallest absolute Gasteiger partial charge is 0.338 e. The van der Waals surface area contributed by atoms with Crippen LogP contribution in [0.4, 0.5) is 13.2 Å². The van der Waals surface area contributed by atoms with Crippen LogP contribution in [-0.4, -0.2) is 88.7 Å². The van der Waals surface area contributed by atoms with Crippen molar-refractivity contribution in [3.8, 4) is 0 Å². The molecular weight excluding hydrogens is 575 g/mol. The maximum Gasteiger partial charge on any atom is 0.338 e. The van der Waals surface area contributed by atoms with Crippen molar-refractivity contribution in [2.24, 2.45) is 10.9 Å². The zero-order chi connectivity index (χ0) is 30.2. The van der Waals surface area contributed by atoms with Crippen molar-refractivity contribution in [3.63, 3.8) is 0 Å². The SMILES string of the molecule is CCOC(=O)C1=C(CN2CC(F)(F)[C@@H]3[C@H]2CON3C[C@@H](CC)C(=O)O)NC(c2nccs2)=N[C@H]1c1cccc(F)c1C. The van der Waals surface area contributed by atoms with Crippen molar-refractivity contribution in [2.45, 2.75) is 51.2 Å². The van der Waals surface area contributed by atoms with Gasteiger partial charge in [0.05, 0.1) is 37.3 Å². The van der Waals surface area contributed by atoms with Crippen molar-refractivity contribution in [3.05, 3.63) is 63.0 Å². The lowest BCUT2D eigenvalue weighted by Crippen LogP contribution is -2.47. The van der Waals surface area contributed by atoms with E-state index < -0.39 is 54.3 Å². The van der Waals surface area contributed by atoms with Crippen LogP contribution in [-0.2, 0) is 19.2 Å². The molecule has 1 aromatic heterocycles. The Morgan fingerprint density at radius 2 is 2.12 bits per heavy atom. The molecule has 0 amide bonds. The summed E-state index contributed by atoms with van der Waals surface area (Å²) in [4.78, 5) is 41.2. The van der Waals surface area contributed by atoms with E-state index in [1.54, 1.807) is 38.4 Å². The fraction of sp³-hybridized carbons (Fsp3) is 0.500. The van der Waals surface area contributed by atoms with E-state index in [4.69, 9.17) is 14.6 Å². The summed E-state index contributed by atoms with van der Waals surface area (Å²) >= 11 is 1.30. The van der Waals surface area contributed by atoms with Crippen molar-refractivity contribution in [2.75, 3.05) is 32.8 Å². The van der Waals surface area contributed by atoms with Crippen LogP contribution < -0.4 is 5.32 Å². The number of aromatic nitrogens is 1. The number of likely N-dealkylation sites (tertiary alicyclic amines) is 1. The molecule has 3 aliphatic rings. The lowest BCUT2D eigenvalue weighted by Gasteiger charge is -2.31. The standard InChI is InChI=1S/C28H32F3N5O5S/c1-4-16(26(37)38)11-36-23-20(13-41-36)35(14-28(23,30)31)12-19-21(27(39)40-5-2)22(17-7-6-8-18(29)15(17)3)34-24(33-19)25-32-9-10-42-25/h6-10,16,20,22-23H,4-5,11-14H2,1-3H3,(H,33,34)(H,37,38)/t16-,20-,22+,23+/m1/s1. The Hall–Kier alpha value is -3.33. The van der Waals surface area contributed by atoms with Crippen molar-refractivity contribution >= 4 is 29.1 Å². The Morgan fingerprint density at radius 1 is 1.33 bits per heavy atom. The molecule has 0 spiro atoms. The zero-order valence-electron chi connectivity index (χ0n) is 23.3. The third-order valence-electron chi connectivity index (χ3n) is 7.87. The van der Waals surface area contributed by atoms with Crippen molar-refractivity contribution < 1.29 is 37.4 Å². The predicted molar refractivity (Wildman–Crippen MR) is 147 cm³/mol. The Bertz CT molecular complexity index is 1400.